The summed E-state index contributed by atoms with van der Waals surface area (Å²) in [4.78, 5) is 10.8. The standard InChI is InChI=1S/C10H15N3O/c1-6-4-3-5-8(9(6)11)13-7(2)10(12)14/h3-5,7,13H,11H2,1-2H3,(H2,12,14). The molecular formula is C10H15N3O. The largest absolute Gasteiger partial charge is 0.397 e. The van der Waals surface area contributed by atoms with Gasteiger partial charge < -0.3 is 16.8 Å². The quantitative estimate of drug-likeness (QED) is 0.623. The monoisotopic (exact) mass is 193 g/mol. The highest BCUT2D eigenvalue weighted by atomic mass is 16.1. The van der Waals surface area contributed by atoms with Crippen LogP contribution >= 0.6 is 0 Å². The number of nitrogen functional groups attached to an aromatic ring is 1. The Hall–Kier alpha value is -1.71. The van der Waals surface area contributed by atoms with Crippen molar-refractivity contribution < 1.29 is 4.79 Å². The Morgan fingerprint density at radius 1 is 1.50 bits per heavy atom. The second-order valence-corrected chi connectivity index (χ2v) is 3.30. The second-order valence-electron chi connectivity index (χ2n) is 3.30. The predicted molar refractivity (Wildman–Crippen MR) is 57.9 cm³/mol. The van der Waals surface area contributed by atoms with Crippen LogP contribution in [0.2, 0.25) is 0 Å². The first-order valence-electron chi connectivity index (χ1n) is 4.43. The molecule has 1 aromatic carbocycles. The topological polar surface area (TPSA) is 81.1 Å². The Kier molecular flexibility index (Phi) is 2.96. The molecule has 0 saturated heterocycles. The van der Waals surface area contributed by atoms with Crippen molar-refractivity contribution in [1.82, 2.24) is 0 Å². The molecule has 0 saturated carbocycles. The summed E-state index contributed by atoms with van der Waals surface area (Å²) in [7, 11) is 0. The number of hydrogen-bond donors (Lipinski definition) is 3. The molecule has 76 valence electrons. The van der Waals surface area contributed by atoms with Crippen LogP contribution in [0, 0.1) is 6.92 Å². The van der Waals surface area contributed by atoms with E-state index in [1.54, 1.807) is 6.92 Å². The summed E-state index contributed by atoms with van der Waals surface area (Å²) >= 11 is 0. The van der Waals surface area contributed by atoms with Gasteiger partial charge in [-0.15, -0.1) is 0 Å². The number of hydrogen-bond acceptors (Lipinski definition) is 3. The van der Waals surface area contributed by atoms with Gasteiger partial charge in [0.2, 0.25) is 5.91 Å². The number of benzene rings is 1. The summed E-state index contributed by atoms with van der Waals surface area (Å²) in [6, 6.07) is 5.19. The molecule has 4 heteroatoms. The molecule has 0 bridgehead atoms. The highest BCUT2D eigenvalue weighted by molar-refractivity contribution is 5.84. The lowest BCUT2D eigenvalue weighted by Crippen LogP contribution is -2.32. The molecular weight excluding hydrogens is 178 g/mol. The minimum atomic E-state index is -0.418. The number of para-hydroxylation sites is 1. The van der Waals surface area contributed by atoms with Crippen LogP contribution in [0.5, 0.6) is 0 Å². The van der Waals surface area contributed by atoms with Gasteiger partial charge in [0.25, 0.3) is 0 Å². The van der Waals surface area contributed by atoms with Crippen molar-refractivity contribution in [2.75, 3.05) is 11.1 Å². The highest BCUT2D eigenvalue weighted by Crippen LogP contribution is 2.22. The van der Waals surface area contributed by atoms with Gasteiger partial charge in [0.1, 0.15) is 6.04 Å². The van der Waals surface area contributed by atoms with Crippen LogP contribution in [0.3, 0.4) is 0 Å². The second kappa shape index (κ2) is 4.00. The number of carbonyl (C=O) groups excluding carboxylic acids is 1. The Balaban J connectivity index is 2.87. The fourth-order valence-corrected chi connectivity index (χ4v) is 1.11. The van der Waals surface area contributed by atoms with Gasteiger partial charge in [-0.05, 0) is 25.5 Å². The first-order valence-corrected chi connectivity index (χ1v) is 4.43. The van der Waals surface area contributed by atoms with E-state index in [1.807, 2.05) is 25.1 Å². The molecule has 0 aliphatic rings. The van der Waals surface area contributed by atoms with Crippen LogP contribution in [-0.4, -0.2) is 11.9 Å². The summed E-state index contributed by atoms with van der Waals surface area (Å²) in [6.45, 7) is 3.61. The van der Waals surface area contributed by atoms with Gasteiger partial charge in [0.05, 0.1) is 11.4 Å². The normalized spacial score (nSPS) is 12.1. The van der Waals surface area contributed by atoms with E-state index in [0.717, 1.165) is 11.3 Å². The molecule has 0 aliphatic carbocycles. The minimum Gasteiger partial charge on any atom is -0.397 e. The van der Waals surface area contributed by atoms with Crippen molar-refractivity contribution >= 4 is 17.3 Å². The lowest BCUT2D eigenvalue weighted by Gasteiger charge is -2.14. The molecule has 0 spiro atoms. The first-order chi connectivity index (χ1) is 6.52. The van der Waals surface area contributed by atoms with Crippen LogP contribution < -0.4 is 16.8 Å². The number of amides is 1. The molecule has 1 amide bonds. The van der Waals surface area contributed by atoms with E-state index in [4.69, 9.17) is 11.5 Å². The van der Waals surface area contributed by atoms with Crippen molar-refractivity contribution in [3.8, 4) is 0 Å². The van der Waals surface area contributed by atoms with Gasteiger partial charge in [-0.25, -0.2) is 0 Å². The van der Waals surface area contributed by atoms with Crippen LogP contribution in [-0.2, 0) is 4.79 Å². The molecule has 0 heterocycles. The zero-order valence-corrected chi connectivity index (χ0v) is 8.37. The van der Waals surface area contributed by atoms with E-state index < -0.39 is 11.9 Å². The summed E-state index contributed by atoms with van der Waals surface area (Å²) in [5.41, 5.74) is 13.3. The smallest absolute Gasteiger partial charge is 0.239 e. The van der Waals surface area contributed by atoms with Crippen molar-refractivity contribution in [3.63, 3.8) is 0 Å². The number of anilines is 2. The number of nitrogens with two attached hydrogens (primary N) is 2. The van der Waals surface area contributed by atoms with Crippen LogP contribution in [0.25, 0.3) is 0 Å². The van der Waals surface area contributed by atoms with Gasteiger partial charge in [-0.2, -0.15) is 0 Å². The van der Waals surface area contributed by atoms with Crippen LogP contribution in [0.15, 0.2) is 18.2 Å². The zero-order chi connectivity index (χ0) is 10.7. The Morgan fingerprint density at radius 2 is 2.14 bits per heavy atom. The number of primary amides is 1. The number of rotatable bonds is 3. The minimum absolute atomic E-state index is 0.397. The Labute approximate surface area is 83.3 Å². The number of aryl methyl sites for hydroxylation is 1. The molecule has 14 heavy (non-hydrogen) atoms. The average Bonchev–Trinajstić information content (AvgIpc) is 2.12. The summed E-state index contributed by atoms with van der Waals surface area (Å²) in [5.74, 6) is -0.397. The molecule has 1 atom stereocenters. The lowest BCUT2D eigenvalue weighted by atomic mass is 10.1. The maximum absolute atomic E-state index is 10.8. The maximum Gasteiger partial charge on any atom is 0.239 e. The Bertz CT molecular complexity index is 349. The van der Waals surface area contributed by atoms with Crippen molar-refractivity contribution in [2.24, 2.45) is 5.73 Å². The molecule has 0 aromatic heterocycles. The molecule has 4 nitrogen and oxygen atoms in total. The first kappa shape index (κ1) is 10.4. The van der Waals surface area contributed by atoms with Crippen LogP contribution in [0.1, 0.15) is 12.5 Å². The van der Waals surface area contributed by atoms with Gasteiger partial charge in [-0.1, -0.05) is 12.1 Å². The zero-order valence-electron chi connectivity index (χ0n) is 8.37. The van der Waals surface area contributed by atoms with E-state index in [0.29, 0.717) is 5.69 Å². The molecule has 1 rings (SSSR count). The summed E-state index contributed by atoms with van der Waals surface area (Å²) in [6.07, 6.45) is 0. The van der Waals surface area contributed by atoms with Gasteiger partial charge in [0.15, 0.2) is 0 Å². The lowest BCUT2D eigenvalue weighted by molar-refractivity contribution is -0.118. The van der Waals surface area contributed by atoms with E-state index in [2.05, 4.69) is 5.32 Å². The SMILES string of the molecule is Cc1cccc(NC(C)C(N)=O)c1N. The van der Waals surface area contributed by atoms with Crippen LogP contribution in [0.4, 0.5) is 11.4 Å². The number of carbonyl (C=O) groups is 1. The fourth-order valence-electron chi connectivity index (χ4n) is 1.11. The molecule has 1 unspecified atom stereocenters. The maximum atomic E-state index is 10.8. The molecule has 0 fully saturated rings. The molecule has 5 N–H and O–H groups in total. The fraction of sp³-hybridized carbons (Fsp3) is 0.300. The third-order valence-electron chi connectivity index (χ3n) is 2.12. The molecule has 0 radical (unpaired) electrons. The average molecular weight is 193 g/mol. The Morgan fingerprint density at radius 3 is 2.71 bits per heavy atom. The molecule has 1 aromatic rings. The summed E-state index contributed by atoms with van der Waals surface area (Å²) < 4.78 is 0. The van der Waals surface area contributed by atoms with Gasteiger partial charge >= 0.3 is 0 Å². The van der Waals surface area contributed by atoms with E-state index in [1.165, 1.54) is 0 Å². The van der Waals surface area contributed by atoms with Crippen molar-refractivity contribution in [2.45, 2.75) is 19.9 Å². The predicted octanol–water partition coefficient (Wildman–Crippen LogP) is 0.863. The van der Waals surface area contributed by atoms with E-state index >= 15 is 0 Å². The van der Waals surface area contributed by atoms with Gasteiger partial charge in [0, 0.05) is 0 Å². The van der Waals surface area contributed by atoms with Crippen molar-refractivity contribution in [3.05, 3.63) is 23.8 Å². The highest BCUT2D eigenvalue weighted by Gasteiger charge is 2.09. The number of nitrogens with one attached hydrogen (secondary N) is 1. The van der Waals surface area contributed by atoms with Crippen molar-refractivity contribution in [1.29, 1.82) is 0 Å². The third-order valence-corrected chi connectivity index (χ3v) is 2.12. The molecule has 0 aliphatic heterocycles. The van der Waals surface area contributed by atoms with E-state index in [9.17, 15) is 4.79 Å². The van der Waals surface area contributed by atoms with E-state index in [-0.39, 0.29) is 0 Å². The van der Waals surface area contributed by atoms with Gasteiger partial charge in [-0.3, -0.25) is 4.79 Å². The summed E-state index contributed by atoms with van der Waals surface area (Å²) in [5, 5.41) is 2.95. The third kappa shape index (κ3) is 2.16.